The van der Waals surface area contributed by atoms with Crippen molar-refractivity contribution in [2.75, 3.05) is 19.8 Å². The molecule has 1 aromatic carbocycles. The van der Waals surface area contributed by atoms with E-state index < -0.39 is 0 Å². The second-order valence-electron chi connectivity index (χ2n) is 5.80. The predicted octanol–water partition coefficient (Wildman–Crippen LogP) is 1.98. The molecule has 0 spiro atoms. The number of amides is 2. The Morgan fingerprint density at radius 3 is 3.14 bits per heavy atom. The van der Waals surface area contributed by atoms with E-state index in [4.69, 9.17) is 4.74 Å². The first-order chi connectivity index (χ1) is 10.2. The number of nitrogens with one attached hydrogen (secondary N) is 1. The number of urea groups is 1. The van der Waals surface area contributed by atoms with E-state index in [1.165, 1.54) is 0 Å². The molecule has 2 N–H and O–H groups in total. The molecule has 2 aliphatic rings. The molecule has 0 aliphatic carbocycles. The van der Waals surface area contributed by atoms with Gasteiger partial charge in [-0.2, -0.15) is 0 Å². The third kappa shape index (κ3) is 2.70. The first kappa shape index (κ1) is 14.2. The fourth-order valence-electron chi connectivity index (χ4n) is 3.26. The summed E-state index contributed by atoms with van der Waals surface area (Å²) < 4.78 is 5.73. The molecule has 0 radical (unpaired) electrons. The minimum absolute atomic E-state index is 0.0129. The zero-order valence-electron chi connectivity index (χ0n) is 12.3. The number of rotatable bonds is 2. The van der Waals surface area contributed by atoms with Crippen LogP contribution in [0, 0.1) is 6.92 Å². The lowest BCUT2D eigenvalue weighted by molar-refractivity contribution is 0.151. The monoisotopic (exact) mass is 290 g/mol. The van der Waals surface area contributed by atoms with E-state index in [1.807, 2.05) is 25.1 Å². The SMILES string of the molecule is Cc1cccc2c1OCC[C@@H]2NC(=O)N1CCC[C@H]1CO. The van der Waals surface area contributed by atoms with Gasteiger partial charge in [0.1, 0.15) is 5.75 Å². The Balaban J connectivity index is 1.75. The number of fused-ring (bicyclic) bond motifs is 1. The zero-order valence-corrected chi connectivity index (χ0v) is 12.3. The van der Waals surface area contributed by atoms with E-state index in [0.29, 0.717) is 6.61 Å². The van der Waals surface area contributed by atoms with Gasteiger partial charge in [0.2, 0.25) is 0 Å². The van der Waals surface area contributed by atoms with E-state index in [0.717, 1.165) is 42.7 Å². The fraction of sp³-hybridized carbons (Fsp3) is 0.562. The predicted molar refractivity (Wildman–Crippen MR) is 79.4 cm³/mol. The van der Waals surface area contributed by atoms with E-state index in [1.54, 1.807) is 4.90 Å². The number of para-hydroxylation sites is 1. The van der Waals surface area contributed by atoms with Crippen molar-refractivity contribution < 1.29 is 14.6 Å². The lowest BCUT2D eigenvalue weighted by Crippen LogP contribution is -2.46. The van der Waals surface area contributed by atoms with Crippen LogP contribution >= 0.6 is 0 Å². The van der Waals surface area contributed by atoms with E-state index in [-0.39, 0.29) is 24.7 Å². The van der Waals surface area contributed by atoms with Gasteiger partial charge in [-0.1, -0.05) is 18.2 Å². The van der Waals surface area contributed by atoms with Crippen molar-refractivity contribution in [3.8, 4) is 5.75 Å². The number of benzene rings is 1. The molecule has 0 bridgehead atoms. The zero-order chi connectivity index (χ0) is 14.8. The van der Waals surface area contributed by atoms with Crippen molar-refractivity contribution in [1.29, 1.82) is 0 Å². The molecule has 3 rings (SSSR count). The number of ether oxygens (including phenoxy) is 1. The van der Waals surface area contributed by atoms with Crippen LogP contribution in [0.1, 0.15) is 36.4 Å². The van der Waals surface area contributed by atoms with Crippen molar-refractivity contribution in [3.63, 3.8) is 0 Å². The fourth-order valence-corrected chi connectivity index (χ4v) is 3.26. The van der Waals surface area contributed by atoms with Gasteiger partial charge < -0.3 is 20.1 Å². The molecule has 5 nitrogen and oxygen atoms in total. The highest BCUT2D eigenvalue weighted by atomic mass is 16.5. The van der Waals surface area contributed by atoms with Crippen molar-refractivity contribution in [2.45, 2.75) is 38.3 Å². The van der Waals surface area contributed by atoms with Gasteiger partial charge in [0, 0.05) is 18.5 Å². The summed E-state index contributed by atoms with van der Waals surface area (Å²) in [6.07, 6.45) is 2.62. The number of nitrogens with zero attached hydrogens (tertiary/aromatic N) is 1. The molecule has 21 heavy (non-hydrogen) atoms. The van der Waals surface area contributed by atoms with Crippen LogP contribution in [-0.4, -0.2) is 41.8 Å². The van der Waals surface area contributed by atoms with Gasteiger partial charge >= 0.3 is 6.03 Å². The number of carbonyl (C=O) groups is 1. The number of hydrogen-bond acceptors (Lipinski definition) is 3. The van der Waals surface area contributed by atoms with Crippen LogP contribution < -0.4 is 10.1 Å². The largest absolute Gasteiger partial charge is 0.493 e. The highest BCUT2D eigenvalue weighted by Gasteiger charge is 2.31. The molecule has 1 fully saturated rings. The summed E-state index contributed by atoms with van der Waals surface area (Å²) >= 11 is 0. The first-order valence-electron chi connectivity index (χ1n) is 7.61. The maximum atomic E-state index is 12.4. The Labute approximate surface area is 124 Å². The van der Waals surface area contributed by atoms with Gasteiger partial charge in [0.25, 0.3) is 0 Å². The smallest absolute Gasteiger partial charge is 0.318 e. The highest BCUT2D eigenvalue weighted by Crippen LogP contribution is 2.34. The maximum absolute atomic E-state index is 12.4. The molecule has 0 saturated carbocycles. The molecule has 0 unspecified atom stereocenters. The van der Waals surface area contributed by atoms with Crippen LogP contribution in [0.2, 0.25) is 0 Å². The molecule has 0 aromatic heterocycles. The number of aryl methyl sites for hydroxylation is 1. The Morgan fingerprint density at radius 2 is 2.33 bits per heavy atom. The Kier molecular flexibility index (Phi) is 4.01. The van der Waals surface area contributed by atoms with Crippen LogP contribution in [0.3, 0.4) is 0 Å². The summed E-state index contributed by atoms with van der Waals surface area (Å²) in [4.78, 5) is 14.2. The van der Waals surface area contributed by atoms with Gasteiger partial charge in [-0.25, -0.2) is 4.79 Å². The lowest BCUT2D eigenvalue weighted by atomic mass is 9.98. The lowest BCUT2D eigenvalue weighted by Gasteiger charge is -2.31. The standard InChI is InChI=1S/C16H22N2O3/c1-11-4-2-6-13-14(7-9-21-15(11)13)17-16(20)18-8-3-5-12(18)10-19/h2,4,6,12,14,19H,3,5,7-10H2,1H3,(H,17,20)/t12-,14-/m0/s1. The maximum Gasteiger partial charge on any atom is 0.318 e. The van der Waals surface area contributed by atoms with Gasteiger partial charge in [0.15, 0.2) is 0 Å². The van der Waals surface area contributed by atoms with E-state index in [9.17, 15) is 9.90 Å². The molecule has 2 atom stereocenters. The van der Waals surface area contributed by atoms with Gasteiger partial charge in [-0.15, -0.1) is 0 Å². The third-order valence-corrected chi connectivity index (χ3v) is 4.42. The summed E-state index contributed by atoms with van der Waals surface area (Å²) in [6, 6.07) is 5.90. The molecule has 114 valence electrons. The van der Waals surface area contributed by atoms with Crippen LogP contribution in [0.25, 0.3) is 0 Å². The second-order valence-corrected chi connectivity index (χ2v) is 5.80. The van der Waals surface area contributed by atoms with Crippen molar-refractivity contribution in [1.82, 2.24) is 10.2 Å². The molecule has 1 aromatic rings. The molecule has 2 aliphatic heterocycles. The molecule has 2 amide bonds. The summed E-state index contributed by atoms with van der Waals surface area (Å²) in [7, 11) is 0. The van der Waals surface area contributed by atoms with Gasteiger partial charge in [-0.05, 0) is 25.3 Å². The number of aliphatic hydroxyl groups excluding tert-OH is 1. The summed E-state index contributed by atoms with van der Waals surface area (Å²) in [5.41, 5.74) is 2.15. The number of aliphatic hydroxyl groups is 1. The first-order valence-corrected chi connectivity index (χ1v) is 7.61. The van der Waals surface area contributed by atoms with Crippen molar-refractivity contribution in [3.05, 3.63) is 29.3 Å². The molecular weight excluding hydrogens is 268 g/mol. The average molecular weight is 290 g/mol. The van der Waals surface area contributed by atoms with E-state index in [2.05, 4.69) is 5.32 Å². The minimum Gasteiger partial charge on any atom is -0.493 e. The van der Waals surface area contributed by atoms with Crippen LogP contribution in [0.5, 0.6) is 5.75 Å². The molecule has 1 saturated heterocycles. The Morgan fingerprint density at radius 1 is 1.48 bits per heavy atom. The van der Waals surface area contributed by atoms with Crippen LogP contribution in [0.4, 0.5) is 4.79 Å². The molecular formula is C16H22N2O3. The minimum atomic E-state index is -0.0779. The van der Waals surface area contributed by atoms with Crippen molar-refractivity contribution >= 4 is 6.03 Å². The summed E-state index contributed by atoms with van der Waals surface area (Å²) in [5, 5.41) is 12.4. The number of carbonyl (C=O) groups excluding carboxylic acids is 1. The second kappa shape index (κ2) is 5.93. The van der Waals surface area contributed by atoms with E-state index >= 15 is 0 Å². The molecule has 2 heterocycles. The van der Waals surface area contributed by atoms with Crippen molar-refractivity contribution in [2.24, 2.45) is 0 Å². The molecule has 5 heteroatoms. The number of likely N-dealkylation sites (tertiary alicyclic amines) is 1. The number of hydrogen-bond donors (Lipinski definition) is 2. The van der Waals surface area contributed by atoms with Gasteiger partial charge in [-0.3, -0.25) is 0 Å². The summed E-state index contributed by atoms with van der Waals surface area (Å²) in [5.74, 6) is 0.897. The third-order valence-electron chi connectivity index (χ3n) is 4.42. The van der Waals surface area contributed by atoms with Crippen LogP contribution in [0.15, 0.2) is 18.2 Å². The average Bonchev–Trinajstić information content (AvgIpc) is 2.97. The Hall–Kier alpha value is -1.75. The quantitative estimate of drug-likeness (QED) is 0.875. The topological polar surface area (TPSA) is 61.8 Å². The summed E-state index contributed by atoms with van der Waals surface area (Å²) in [6.45, 7) is 3.40. The normalized spacial score (nSPS) is 24.4. The highest BCUT2D eigenvalue weighted by molar-refractivity contribution is 5.75. The van der Waals surface area contributed by atoms with Gasteiger partial charge in [0.05, 0.1) is 25.3 Å². The Bertz CT molecular complexity index is 532. The van der Waals surface area contributed by atoms with Crippen LogP contribution in [-0.2, 0) is 0 Å².